The van der Waals surface area contributed by atoms with E-state index in [1.54, 1.807) is 0 Å². The van der Waals surface area contributed by atoms with Crippen LogP contribution < -0.4 is 0 Å². The van der Waals surface area contributed by atoms with Crippen molar-refractivity contribution in [1.82, 2.24) is 4.90 Å². The van der Waals surface area contributed by atoms with Gasteiger partial charge in [-0.3, -0.25) is 4.90 Å². The molecule has 17 heavy (non-hydrogen) atoms. The van der Waals surface area contributed by atoms with Gasteiger partial charge in [0.15, 0.2) is 0 Å². The van der Waals surface area contributed by atoms with Gasteiger partial charge in [-0.2, -0.15) is 5.26 Å². The molecule has 3 aliphatic rings. The third-order valence-corrected chi connectivity index (χ3v) is 4.75. The zero-order valence-corrected chi connectivity index (χ0v) is 10.8. The molecule has 3 rings (SSSR count). The summed E-state index contributed by atoms with van der Waals surface area (Å²) < 4.78 is 0. The van der Waals surface area contributed by atoms with E-state index in [0.717, 1.165) is 18.4 Å². The number of hydrogen-bond acceptors (Lipinski definition) is 2. The van der Waals surface area contributed by atoms with Gasteiger partial charge in [-0.15, -0.1) is 0 Å². The second-order valence-electron chi connectivity index (χ2n) is 6.31. The van der Waals surface area contributed by atoms with E-state index in [0.29, 0.717) is 12.0 Å². The SMILES string of the molecule is N#CC1CCCCCC1N(CC1CC1)C1CC1. The molecular formula is C15H24N2. The molecule has 2 nitrogen and oxygen atoms in total. The third kappa shape index (κ3) is 2.83. The molecule has 0 aromatic heterocycles. The van der Waals surface area contributed by atoms with E-state index in [1.807, 2.05) is 0 Å². The Morgan fingerprint density at radius 1 is 0.941 bits per heavy atom. The largest absolute Gasteiger partial charge is 0.296 e. The van der Waals surface area contributed by atoms with Gasteiger partial charge in [0.25, 0.3) is 0 Å². The molecule has 2 unspecified atom stereocenters. The lowest BCUT2D eigenvalue weighted by Gasteiger charge is -2.34. The molecule has 3 fully saturated rings. The first-order chi connectivity index (χ1) is 8.38. The predicted octanol–water partition coefficient (Wildman–Crippen LogP) is 3.33. The van der Waals surface area contributed by atoms with Gasteiger partial charge in [0.05, 0.1) is 12.0 Å². The molecule has 0 saturated heterocycles. The molecule has 3 aliphatic carbocycles. The zero-order chi connectivity index (χ0) is 11.7. The van der Waals surface area contributed by atoms with Gasteiger partial charge >= 0.3 is 0 Å². The second-order valence-corrected chi connectivity index (χ2v) is 6.31. The Hall–Kier alpha value is -0.550. The summed E-state index contributed by atoms with van der Waals surface area (Å²) in [5.41, 5.74) is 0. The summed E-state index contributed by atoms with van der Waals surface area (Å²) >= 11 is 0. The highest BCUT2D eigenvalue weighted by Crippen LogP contribution is 2.39. The first-order valence-electron chi connectivity index (χ1n) is 7.54. The van der Waals surface area contributed by atoms with Gasteiger partial charge in [0.2, 0.25) is 0 Å². The van der Waals surface area contributed by atoms with Crippen molar-refractivity contribution in [2.75, 3.05) is 6.54 Å². The molecule has 0 amide bonds. The highest BCUT2D eigenvalue weighted by atomic mass is 15.2. The van der Waals surface area contributed by atoms with Crippen molar-refractivity contribution in [3.05, 3.63) is 0 Å². The van der Waals surface area contributed by atoms with Crippen LogP contribution >= 0.6 is 0 Å². The maximum Gasteiger partial charge on any atom is 0.0672 e. The molecule has 0 radical (unpaired) electrons. The monoisotopic (exact) mass is 232 g/mol. The van der Waals surface area contributed by atoms with E-state index in [9.17, 15) is 5.26 Å². The lowest BCUT2D eigenvalue weighted by Crippen LogP contribution is -2.42. The molecule has 0 spiro atoms. The Balaban J connectivity index is 1.69. The summed E-state index contributed by atoms with van der Waals surface area (Å²) in [5, 5.41) is 9.41. The molecule has 3 saturated carbocycles. The van der Waals surface area contributed by atoms with Crippen LogP contribution in [-0.4, -0.2) is 23.5 Å². The summed E-state index contributed by atoms with van der Waals surface area (Å²) in [7, 11) is 0. The highest BCUT2D eigenvalue weighted by Gasteiger charge is 2.40. The zero-order valence-electron chi connectivity index (χ0n) is 10.8. The van der Waals surface area contributed by atoms with Crippen LogP contribution in [0.25, 0.3) is 0 Å². The molecule has 0 aromatic carbocycles. The Morgan fingerprint density at radius 2 is 1.71 bits per heavy atom. The van der Waals surface area contributed by atoms with Crippen molar-refractivity contribution in [3.8, 4) is 6.07 Å². The summed E-state index contributed by atoms with van der Waals surface area (Å²) in [4.78, 5) is 2.75. The standard InChI is InChI=1S/C15H24N2/c16-10-13-4-2-1-3-5-15(13)17(14-8-9-14)11-12-6-7-12/h12-15H,1-9,11H2. The van der Waals surface area contributed by atoms with Crippen molar-refractivity contribution in [2.24, 2.45) is 11.8 Å². The average Bonchev–Trinajstić information content (AvgIpc) is 3.21. The molecular weight excluding hydrogens is 208 g/mol. The minimum absolute atomic E-state index is 0.317. The van der Waals surface area contributed by atoms with Crippen molar-refractivity contribution < 1.29 is 0 Å². The molecule has 0 aliphatic heterocycles. The van der Waals surface area contributed by atoms with E-state index >= 15 is 0 Å². The first kappa shape index (κ1) is 11.5. The van der Waals surface area contributed by atoms with Crippen molar-refractivity contribution >= 4 is 0 Å². The van der Waals surface area contributed by atoms with E-state index in [2.05, 4.69) is 11.0 Å². The number of hydrogen-bond donors (Lipinski definition) is 0. The number of rotatable bonds is 4. The maximum atomic E-state index is 9.41. The highest BCUT2D eigenvalue weighted by molar-refractivity contribution is 5.00. The lowest BCUT2D eigenvalue weighted by atomic mass is 9.94. The van der Waals surface area contributed by atoms with Crippen LogP contribution in [0.4, 0.5) is 0 Å². The van der Waals surface area contributed by atoms with Crippen LogP contribution in [-0.2, 0) is 0 Å². The van der Waals surface area contributed by atoms with E-state index < -0.39 is 0 Å². The molecule has 0 heterocycles. The van der Waals surface area contributed by atoms with Gasteiger partial charge < -0.3 is 0 Å². The lowest BCUT2D eigenvalue weighted by molar-refractivity contribution is 0.138. The molecule has 0 N–H and O–H groups in total. The van der Waals surface area contributed by atoms with Crippen LogP contribution in [0, 0.1) is 23.2 Å². The first-order valence-corrected chi connectivity index (χ1v) is 7.54. The average molecular weight is 232 g/mol. The Labute approximate surface area is 105 Å². The van der Waals surface area contributed by atoms with Crippen molar-refractivity contribution in [1.29, 1.82) is 5.26 Å². The predicted molar refractivity (Wildman–Crippen MR) is 68.4 cm³/mol. The Bertz CT molecular complexity index is 299. The third-order valence-electron chi connectivity index (χ3n) is 4.75. The van der Waals surface area contributed by atoms with Crippen molar-refractivity contribution in [2.45, 2.75) is 69.9 Å². The van der Waals surface area contributed by atoms with Crippen molar-refractivity contribution in [3.63, 3.8) is 0 Å². The Kier molecular flexibility index (Phi) is 3.38. The molecule has 0 aromatic rings. The smallest absolute Gasteiger partial charge is 0.0672 e. The van der Waals surface area contributed by atoms with Gasteiger partial charge in [-0.25, -0.2) is 0 Å². The fourth-order valence-corrected chi connectivity index (χ4v) is 3.40. The molecule has 2 heteroatoms. The van der Waals surface area contributed by atoms with Crippen LogP contribution in [0.3, 0.4) is 0 Å². The second kappa shape index (κ2) is 4.98. The van der Waals surface area contributed by atoms with Crippen LogP contribution in [0.2, 0.25) is 0 Å². The fraction of sp³-hybridized carbons (Fsp3) is 0.933. The molecule has 0 bridgehead atoms. The number of nitriles is 1. The van der Waals surface area contributed by atoms with Crippen LogP contribution in [0.5, 0.6) is 0 Å². The minimum atomic E-state index is 0.317. The van der Waals surface area contributed by atoms with Gasteiger partial charge in [-0.05, 0) is 44.4 Å². The van der Waals surface area contributed by atoms with Gasteiger partial charge in [0, 0.05) is 18.6 Å². The maximum absolute atomic E-state index is 9.41. The van der Waals surface area contributed by atoms with E-state index in [1.165, 1.54) is 57.9 Å². The quantitative estimate of drug-likeness (QED) is 0.695. The van der Waals surface area contributed by atoms with Crippen LogP contribution in [0.15, 0.2) is 0 Å². The van der Waals surface area contributed by atoms with E-state index in [-0.39, 0.29) is 0 Å². The minimum Gasteiger partial charge on any atom is -0.296 e. The van der Waals surface area contributed by atoms with E-state index in [4.69, 9.17) is 0 Å². The fourth-order valence-electron chi connectivity index (χ4n) is 3.40. The summed E-state index contributed by atoms with van der Waals surface area (Å²) in [6.45, 7) is 1.30. The summed E-state index contributed by atoms with van der Waals surface area (Å²) in [6.07, 6.45) is 12.0. The van der Waals surface area contributed by atoms with Gasteiger partial charge in [0.1, 0.15) is 0 Å². The van der Waals surface area contributed by atoms with Crippen LogP contribution in [0.1, 0.15) is 57.8 Å². The Morgan fingerprint density at radius 3 is 2.35 bits per heavy atom. The number of nitrogens with zero attached hydrogens (tertiary/aromatic N) is 2. The molecule has 2 atom stereocenters. The normalized spacial score (nSPS) is 34.4. The summed E-state index contributed by atoms with van der Waals surface area (Å²) in [6, 6.07) is 4.04. The van der Waals surface area contributed by atoms with Gasteiger partial charge in [-0.1, -0.05) is 19.3 Å². The topological polar surface area (TPSA) is 27.0 Å². The molecule has 94 valence electrons. The summed E-state index contributed by atoms with van der Waals surface area (Å²) in [5.74, 6) is 1.29.